The highest BCUT2D eigenvalue weighted by Gasteiger charge is 2.20. The van der Waals surface area contributed by atoms with Crippen molar-refractivity contribution in [1.82, 2.24) is 19.5 Å². The molecule has 11 rings (SSSR count). The van der Waals surface area contributed by atoms with E-state index in [2.05, 4.69) is 195 Å². The Labute approximate surface area is 355 Å². The fourth-order valence-electron chi connectivity index (χ4n) is 9.02. The Kier molecular flexibility index (Phi) is 8.68. The number of pyridine rings is 3. The summed E-state index contributed by atoms with van der Waals surface area (Å²) in [6.45, 7) is 6.80. The lowest BCUT2D eigenvalue weighted by Crippen LogP contribution is -2.10. The standard InChI is InChI=1S/C57H42N4/c1-57(2,3)43-26-20-38(21-27-43)54-45-17-10-11-18-46(45)55(37-13-6-4-7-14-37)48-33-39(22-28-47(48)54)41-23-29-50(59-35-41)51-30-24-42(36-60-51)40-25-31-52-49(34-40)56-53(19-12-32-58-56)61(52)44-15-8-5-9-16-44/h4-36H,1-3H3. The van der Waals surface area contributed by atoms with Crippen LogP contribution in [0.15, 0.2) is 201 Å². The first-order chi connectivity index (χ1) is 29.9. The molecule has 0 N–H and O–H groups in total. The zero-order valence-electron chi connectivity index (χ0n) is 34.3. The third-order valence-corrected chi connectivity index (χ3v) is 12.1. The van der Waals surface area contributed by atoms with Gasteiger partial charge in [0.25, 0.3) is 0 Å². The van der Waals surface area contributed by atoms with Gasteiger partial charge in [-0.05, 0) is 121 Å². The first-order valence-corrected chi connectivity index (χ1v) is 20.9. The minimum absolute atomic E-state index is 0.0821. The second-order valence-corrected chi connectivity index (χ2v) is 16.9. The molecule has 4 aromatic heterocycles. The number of benzene rings is 7. The van der Waals surface area contributed by atoms with E-state index in [1.165, 1.54) is 49.4 Å². The summed E-state index contributed by atoms with van der Waals surface area (Å²) >= 11 is 0. The molecule has 0 bridgehead atoms. The lowest BCUT2D eigenvalue weighted by atomic mass is 9.83. The molecule has 0 unspecified atom stereocenters. The van der Waals surface area contributed by atoms with Crippen LogP contribution in [0.3, 0.4) is 0 Å². The Hall–Kier alpha value is -7.69. The first-order valence-electron chi connectivity index (χ1n) is 20.9. The monoisotopic (exact) mass is 782 g/mol. The molecule has 0 spiro atoms. The molecule has 4 heteroatoms. The van der Waals surface area contributed by atoms with E-state index in [9.17, 15) is 0 Å². The lowest BCUT2D eigenvalue weighted by molar-refractivity contribution is 0.590. The van der Waals surface area contributed by atoms with Gasteiger partial charge >= 0.3 is 0 Å². The normalized spacial score (nSPS) is 11.9. The lowest BCUT2D eigenvalue weighted by Gasteiger charge is -2.21. The number of nitrogens with zero attached hydrogens (tertiary/aromatic N) is 4. The van der Waals surface area contributed by atoms with Crippen molar-refractivity contribution in [3.05, 3.63) is 206 Å². The van der Waals surface area contributed by atoms with Gasteiger partial charge in [-0.15, -0.1) is 0 Å². The van der Waals surface area contributed by atoms with Crippen LogP contribution in [-0.2, 0) is 5.41 Å². The molecular weight excluding hydrogens is 741 g/mol. The SMILES string of the molecule is CC(C)(C)c1ccc(-c2c3ccccc3c(-c3ccccc3)c3cc(-c4ccc(-c5ccc(-c6ccc7c(c6)c6ncccc6n7-c6ccccc6)cn5)nc4)ccc23)cc1. The Morgan fingerprint density at radius 2 is 0.902 bits per heavy atom. The van der Waals surface area contributed by atoms with E-state index in [0.717, 1.165) is 61.3 Å². The topological polar surface area (TPSA) is 43.6 Å². The predicted octanol–water partition coefficient (Wildman–Crippen LogP) is 14.9. The molecule has 4 heterocycles. The fraction of sp³-hybridized carbons (Fsp3) is 0.0702. The summed E-state index contributed by atoms with van der Waals surface area (Å²) < 4.78 is 2.28. The molecular formula is C57H42N4. The van der Waals surface area contributed by atoms with Crippen molar-refractivity contribution < 1.29 is 0 Å². The van der Waals surface area contributed by atoms with Crippen molar-refractivity contribution in [3.8, 4) is 61.6 Å². The maximum absolute atomic E-state index is 4.96. The molecule has 0 aliphatic heterocycles. The van der Waals surface area contributed by atoms with E-state index >= 15 is 0 Å². The molecule has 0 atom stereocenters. The van der Waals surface area contributed by atoms with Crippen molar-refractivity contribution in [2.75, 3.05) is 0 Å². The van der Waals surface area contributed by atoms with Crippen molar-refractivity contribution in [3.63, 3.8) is 0 Å². The molecule has 290 valence electrons. The minimum atomic E-state index is 0.0821. The average molecular weight is 783 g/mol. The molecule has 7 aromatic carbocycles. The smallest absolute Gasteiger partial charge is 0.0963 e. The zero-order valence-corrected chi connectivity index (χ0v) is 34.3. The molecule has 11 aromatic rings. The van der Waals surface area contributed by atoms with Crippen molar-refractivity contribution in [1.29, 1.82) is 0 Å². The highest BCUT2D eigenvalue weighted by molar-refractivity contribution is 6.22. The molecule has 0 aliphatic rings. The van der Waals surface area contributed by atoms with Crippen LogP contribution in [-0.4, -0.2) is 19.5 Å². The van der Waals surface area contributed by atoms with Crippen LogP contribution in [0, 0.1) is 0 Å². The van der Waals surface area contributed by atoms with Crippen molar-refractivity contribution in [2.24, 2.45) is 0 Å². The summed E-state index contributed by atoms with van der Waals surface area (Å²) in [5.41, 5.74) is 16.6. The maximum atomic E-state index is 4.96. The summed E-state index contributed by atoms with van der Waals surface area (Å²) in [5.74, 6) is 0. The number of fused-ring (bicyclic) bond motifs is 5. The van der Waals surface area contributed by atoms with Gasteiger partial charge in [-0.25, -0.2) is 0 Å². The zero-order chi connectivity index (χ0) is 41.1. The number of para-hydroxylation sites is 1. The van der Waals surface area contributed by atoms with Crippen LogP contribution in [0.2, 0.25) is 0 Å². The average Bonchev–Trinajstić information content (AvgIpc) is 3.65. The number of hydrogen-bond donors (Lipinski definition) is 0. The van der Waals surface area contributed by atoms with E-state index in [-0.39, 0.29) is 5.41 Å². The summed E-state index contributed by atoms with van der Waals surface area (Å²) in [4.78, 5) is 14.7. The van der Waals surface area contributed by atoms with Crippen molar-refractivity contribution in [2.45, 2.75) is 26.2 Å². The Morgan fingerprint density at radius 3 is 1.52 bits per heavy atom. The molecule has 4 nitrogen and oxygen atoms in total. The summed E-state index contributed by atoms with van der Waals surface area (Å²) in [5, 5.41) is 6.06. The van der Waals surface area contributed by atoms with E-state index in [4.69, 9.17) is 15.0 Å². The maximum Gasteiger partial charge on any atom is 0.0963 e. The number of rotatable bonds is 6. The molecule has 0 saturated heterocycles. The van der Waals surface area contributed by atoms with Crippen LogP contribution in [0.25, 0.3) is 105 Å². The van der Waals surface area contributed by atoms with Crippen LogP contribution < -0.4 is 0 Å². The Morgan fingerprint density at radius 1 is 0.377 bits per heavy atom. The molecule has 61 heavy (non-hydrogen) atoms. The summed E-state index contributed by atoms with van der Waals surface area (Å²) in [6.07, 6.45) is 5.79. The highest BCUT2D eigenvalue weighted by Crippen LogP contribution is 2.45. The molecule has 0 aliphatic carbocycles. The highest BCUT2D eigenvalue weighted by atomic mass is 15.0. The summed E-state index contributed by atoms with van der Waals surface area (Å²) in [7, 11) is 0. The molecule has 0 fully saturated rings. The first kappa shape index (κ1) is 36.4. The molecule has 0 saturated carbocycles. The van der Waals surface area contributed by atoms with Gasteiger partial charge < -0.3 is 4.57 Å². The fourth-order valence-corrected chi connectivity index (χ4v) is 9.02. The second kappa shape index (κ2) is 14.5. The largest absolute Gasteiger partial charge is 0.308 e. The second-order valence-electron chi connectivity index (χ2n) is 16.9. The van der Waals surface area contributed by atoms with Gasteiger partial charge in [-0.3, -0.25) is 15.0 Å². The van der Waals surface area contributed by atoms with E-state index in [1.807, 2.05) is 30.7 Å². The van der Waals surface area contributed by atoms with Gasteiger partial charge in [0.1, 0.15) is 0 Å². The van der Waals surface area contributed by atoms with Gasteiger partial charge in [0.2, 0.25) is 0 Å². The molecule has 0 radical (unpaired) electrons. The van der Waals surface area contributed by atoms with Gasteiger partial charge in [0.05, 0.1) is 27.9 Å². The van der Waals surface area contributed by atoms with E-state index in [0.29, 0.717) is 0 Å². The third-order valence-electron chi connectivity index (χ3n) is 12.1. The predicted molar refractivity (Wildman–Crippen MR) is 255 cm³/mol. The number of hydrogen-bond acceptors (Lipinski definition) is 3. The Balaban J connectivity index is 0.954. The van der Waals surface area contributed by atoms with E-state index in [1.54, 1.807) is 0 Å². The van der Waals surface area contributed by atoms with Gasteiger partial charge in [-0.2, -0.15) is 0 Å². The summed E-state index contributed by atoms with van der Waals surface area (Å²) in [6, 6.07) is 65.3. The molecule has 0 amide bonds. The quantitative estimate of drug-likeness (QED) is 0.158. The van der Waals surface area contributed by atoms with Crippen molar-refractivity contribution >= 4 is 43.5 Å². The Bertz CT molecular complexity index is 3400. The van der Waals surface area contributed by atoms with Crippen LogP contribution in [0.4, 0.5) is 0 Å². The van der Waals surface area contributed by atoms with E-state index < -0.39 is 0 Å². The van der Waals surface area contributed by atoms with Crippen LogP contribution in [0.5, 0.6) is 0 Å². The van der Waals surface area contributed by atoms with Crippen LogP contribution >= 0.6 is 0 Å². The minimum Gasteiger partial charge on any atom is -0.308 e. The third kappa shape index (κ3) is 6.36. The van der Waals surface area contributed by atoms with Crippen LogP contribution in [0.1, 0.15) is 26.3 Å². The van der Waals surface area contributed by atoms with Gasteiger partial charge in [0, 0.05) is 40.8 Å². The number of aromatic nitrogens is 4. The van der Waals surface area contributed by atoms with Gasteiger partial charge in [0.15, 0.2) is 0 Å². The van der Waals surface area contributed by atoms with Gasteiger partial charge in [-0.1, -0.05) is 148 Å².